The molecule has 0 unspecified atom stereocenters. The number of aryl methyl sites for hydroxylation is 1. The van der Waals surface area contributed by atoms with Crippen molar-refractivity contribution < 1.29 is 0 Å². The van der Waals surface area contributed by atoms with Crippen molar-refractivity contribution in [3.05, 3.63) is 58.4 Å². The molecule has 1 aromatic heterocycles. The number of nitrogens with zero attached hydrogens (tertiary/aromatic N) is 1. The second-order valence-electron chi connectivity index (χ2n) is 6.39. The molecule has 1 N–H and O–H groups in total. The van der Waals surface area contributed by atoms with Gasteiger partial charge in [-0.05, 0) is 56.5 Å². The summed E-state index contributed by atoms with van der Waals surface area (Å²) in [6, 6.07) is 8.38. The first-order chi connectivity index (χ1) is 9.33. The van der Waals surface area contributed by atoms with Crippen LogP contribution in [-0.4, -0.2) is 10.1 Å². The van der Waals surface area contributed by atoms with E-state index in [1.165, 1.54) is 11.1 Å². The minimum atomic E-state index is 0.141. The van der Waals surface area contributed by atoms with Crippen LogP contribution in [0.25, 0.3) is 0 Å². The van der Waals surface area contributed by atoms with Gasteiger partial charge in [0.15, 0.2) is 0 Å². The van der Waals surface area contributed by atoms with Gasteiger partial charge < -0.3 is 9.88 Å². The summed E-state index contributed by atoms with van der Waals surface area (Å²) in [5, 5.41) is 4.34. The van der Waals surface area contributed by atoms with Crippen molar-refractivity contribution >= 4 is 11.6 Å². The fourth-order valence-corrected chi connectivity index (χ4v) is 2.33. The summed E-state index contributed by atoms with van der Waals surface area (Å²) < 4.78 is 2.18. The van der Waals surface area contributed by atoms with Gasteiger partial charge in [0.05, 0.1) is 0 Å². The molecule has 0 saturated carbocycles. The molecule has 2 nitrogen and oxygen atoms in total. The highest BCUT2D eigenvalue weighted by molar-refractivity contribution is 6.31. The maximum Gasteiger partial charge on any atom is 0.0485 e. The van der Waals surface area contributed by atoms with Gasteiger partial charge in [-0.1, -0.05) is 23.7 Å². The Morgan fingerprint density at radius 1 is 1.20 bits per heavy atom. The predicted octanol–water partition coefficient (Wildman–Crippen LogP) is 4.39. The number of nitrogens with one attached hydrogen (secondary N) is 1. The Morgan fingerprint density at radius 3 is 2.60 bits per heavy atom. The van der Waals surface area contributed by atoms with E-state index in [0.29, 0.717) is 0 Å². The van der Waals surface area contributed by atoms with Crippen LogP contribution >= 0.6 is 11.6 Å². The number of hydrogen-bond acceptors (Lipinski definition) is 1. The van der Waals surface area contributed by atoms with E-state index in [9.17, 15) is 0 Å². The number of benzene rings is 1. The molecule has 2 rings (SSSR count). The van der Waals surface area contributed by atoms with Crippen LogP contribution in [0.3, 0.4) is 0 Å². The molecular formula is C17H23ClN2. The molecule has 0 aliphatic carbocycles. The van der Waals surface area contributed by atoms with Gasteiger partial charge in [0.25, 0.3) is 0 Å². The van der Waals surface area contributed by atoms with Crippen molar-refractivity contribution in [2.75, 3.05) is 0 Å². The number of halogens is 1. The zero-order chi connectivity index (χ0) is 14.8. The van der Waals surface area contributed by atoms with Crippen LogP contribution in [0, 0.1) is 6.92 Å². The Morgan fingerprint density at radius 2 is 1.95 bits per heavy atom. The van der Waals surface area contributed by atoms with E-state index >= 15 is 0 Å². The Balaban J connectivity index is 2.02. The summed E-state index contributed by atoms with van der Waals surface area (Å²) in [4.78, 5) is 0. The van der Waals surface area contributed by atoms with Crippen molar-refractivity contribution in [1.29, 1.82) is 0 Å². The normalized spacial score (nSPS) is 11.8. The van der Waals surface area contributed by atoms with Gasteiger partial charge in [0.1, 0.15) is 0 Å². The van der Waals surface area contributed by atoms with Crippen LogP contribution in [-0.2, 0) is 13.1 Å². The molecule has 0 aliphatic rings. The predicted molar refractivity (Wildman–Crippen MR) is 86.3 cm³/mol. The molecule has 20 heavy (non-hydrogen) atoms. The summed E-state index contributed by atoms with van der Waals surface area (Å²) >= 11 is 6.28. The van der Waals surface area contributed by atoms with E-state index < -0.39 is 0 Å². The minimum Gasteiger partial charge on any atom is -0.350 e. The molecule has 1 aromatic carbocycles. The van der Waals surface area contributed by atoms with Gasteiger partial charge in [-0.25, -0.2) is 0 Å². The molecule has 108 valence electrons. The van der Waals surface area contributed by atoms with Crippen LogP contribution in [0.1, 0.15) is 37.5 Å². The molecule has 0 bridgehead atoms. The van der Waals surface area contributed by atoms with E-state index in [4.69, 9.17) is 11.6 Å². The van der Waals surface area contributed by atoms with E-state index in [-0.39, 0.29) is 5.54 Å². The topological polar surface area (TPSA) is 17.0 Å². The van der Waals surface area contributed by atoms with Crippen molar-refractivity contribution in [3.63, 3.8) is 0 Å². The van der Waals surface area contributed by atoms with Gasteiger partial charge in [-0.2, -0.15) is 0 Å². The monoisotopic (exact) mass is 290 g/mol. The smallest absolute Gasteiger partial charge is 0.0485 e. The fraction of sp³-hybridized carbons (Fsp3) is 0.412. The average Bonchev–Trinajstić information content (AvgIpc) is 2.77. The first-order valence-corrected chi connectivity index (χ1v) is 7.36. The van der Waals surface area contributed by atoms with Crippen molar-refractivity contribution in [1.82, 2.24) is 9.88 Å². The third-order valence-electron chi connectivity index (χ3n) is 3.20. The number of rotatable bonds is 4. The molecule has 0 spiro atoms. The largest absolute Gasteiger partial charge is 0.350 e. The summed E-state index contributed by atoms with van der Waals surface area (Å²) in [6.07, 6.45) is 4.28. The van der Waals surface area contributed by atoms with Crippen LogP contribution in [0.4, 0.5) is 0 Å². The quantitative estimate of drug-likeness (QED) is 0.884. The standard InChI is InChI=1S/C17H23ClN2/c1-13-5-6-15(16(18)9-13)12-20-8-7-14(11-20)10-19-17(2,3)4/h5-9,11,19H,10,12H2,1-4H3. The average molecular weight is 291 g/mol. The zero-order valence-corrected chi connectivity index (χ0v) is 13.5. The lowest BCUT2D eigenvalue weighted by Gasteiger charge is -2.19. The summed E-state index contributed by atoms with van der Waals surface area (Å²) in [5.74, 6) is 0. The second-order valence-corrected chi connectivity index (χ2v) is 6.80. The third-order valence-corrected chi connectivity index (χ3v) is 3.55. The summed E-state index contributed by atoms with van der Waals surface area (Å²) in [5.41, 5.74) is 3.79. The fourth-order valence-electron chi connectivity index (χ4n) is 2.04. The minimum absolute atomic E-state index is 0.141. The number of aromatic nitrogens is 1. The van der Waals surface area contributed by atoms with Crippen LogP contribution in [0.15, 0.2) is 36.7 Å². The highest BCUT2D eigenvalue weighted by atomic mass is 35.5. The van der Waals surface area contributed by atoms with Gasteiger partial charge in [0, 0.05) is 36.0 Å². The SMILES string of the molecule is Cc1ccc(Cn2ccc(CNC(C)(C)C)c2)c(Cl)c1. The molecule has 0 atom stereocenters. The molecular weight excluding hydrogens is 268 g/mol. The highest BCUT2D eigenvalue weighted by Crippen LogP contribution is 2.19. The van der Waals surface area contributed by atoms with E-state index in [2.05, 4.69) is 68.2 Å². The lowest BCUT2D eigenvalue weighted by molar-refractivity contribution is 0.424. The molecule has 0 amide bonds. The van der Waals surface area contributed by atoms with Gasteiger partial charge in [-0.3, -0.25) is 0 Å². The molecule has 0 radical (unpaired) electrons. The molecule has 0 saturated heterocycles. The first kappa shape index (κ1) is 15.1. The number of hydrogen-bond donors (Lipinski definition) is 1. The third kappa shape index (κ3) is 4.39. The summed E-state index contributed by atoms with van der Waals surface area (Å²) in [7, 11) is 0. The van der Waals surface area contributed by atoms with Crippen molar-refractivity contribution in [2.45, 2.75) is 46.3 Å². The lowest BCUT2D eigenvalue weighted by Crippen LogP contribution is -2.34. The van der Waals surface area contributed by atoms with Crippen LogP contribution in [0.2, 0.25) is 5.02 Å². The zero-order valence-electron chi connectivity index (χ0n) is 12.7. The Labute approximate surface area is 126 Å². The van der Waals surface area contributed by atoms with Gasteiger partial charge in [0.2, 0.25) is 0 Å². The Bertz CT molecular complexity index is 579. The van der Waals surface area contributed by atoms with Gasteiger partial charge in [-0.15, -0.1) is 0 Å². The Hall–Kier alpha value is -1.25. The second kappa shape index (κ2) is 6.02. The summed E-state index contributed by atoms with van der Waals surface area (Å²) in [6.45, 7) is 10.3. The lowest BCUT2D eigenvalue weighted by atomic mass is 10.1. The molecule has 1 heterocycles. The van der Waals surface area contributed by atoms with Gasteiger partial charge >= 0.3 is 0 Å². The maximum absolute atomic E-state index is 6.28. The van der Waals surface area contributed by atoms with Crippen LogP contribution in [0.5, 0.6) is 0 Å². The highest BCUT2D eigenvalue weighted by Gasteiger charge is 2.09. The van der Waals surface area contributed by atoms with Crippen molar-refractivity contribution in [2.24, 2.45) is 0 Å². The molecule has 0 fully saturated rings. The van der Waals surface area contributed by atoms with Crippen LogP contribution < -0.4 is 5.32 Å². The Kier molecular flexibility index (Phi) is 4.56. The van der Waals surface area contributed by atoms with E-state index in [1.54, 1.807) is 0 Å². The molecule has 0 aliphatic heterocycles. The van der Waals surface area contributed by atoms with E-state index in [1.807, 2.05) is 6.07 Å². The molecule has 2 aromatic rings. The first-order valence-electron chi connectivity index (χ1n) is 6.98. The van der Waals surface area contributed by atoms with E-state index in [0.717, 1.165) is 23.7 Å². The van der Waals surface area contributed by atoms with Crippen molar-refractivity contribution in [3.8, 4) is 0 Å². The maximum atomic E-state index is 6.28. The molecule has 3 heteroatoms.